The van der Waals surface area contributed by atoms with E-state index in [4.69, 9.17) is 0 Å². The smallest absolute Gasteiger partial charge is 0.213 e. The first-order chi connectivity index (χ1) is 33.3. The molecule has 7 aromatic rings. The summed E-state index contributed by atoms with van der Waals surface area (Å²) in [6.45, 7) is 1.96. The van der Waals surface area contributed by atoms with E-state index in [2.05, 4.69) is 11.2 Å². The van der Waals surface area contributed by atoms with Crippen LogP contribution in [0.3, 0.4) is 0 Å². The molecule has 0 aliphatic heterocycles. The Labute approximate surface area is 386 Å². The standard InChI is InChI=1S/C24BF20.C23H19O2S/c26-5-1(6(27)14(35)21(42)13(5)34)25(2-7(28)15(36)22(43)16(37)8(2)29,3-9(30)17(38)23(44)18(39)10(3)31)4-11(32)19(40)24(45)20(41)12(4)33;1-19-12-14-21(15-13-19)23(24)18-26(25,22-10-6-3-7-11-22)17-16-20-8-4-2-5-9-20/h;2-15H,18H2,1H3/q-1;+1. The van der Waals surface area contributed by atoms with Crippen LogP contribution in [0.15, 0.2) is 89.8 Å². The third-order valence-electron chi connectivity index (χ3n) is 10.7. The number of hydrogen-bond donors (Lipinski definition) is 0. The van der Waals surface area contributed by atoms with Crippen molar-refractivity contribution in [2.45, 2.75) is 11.8 Å². The molecule has 71 heavy (non-hydrogen) atoms. The molecule has 0 saturated heterocycles. The molecule has 0 aliphatic carbocycles. The largest absolute Gasteiger partial charge is 0.289 e. The zero-order chi connectivity index (χ0) is 52.8. The van der Waals surface area contributed by atoms with Crippen LogP contribution in [0, 0.1) is 134 Å². The summed E-state index contributed by atoms with van der Waals surface area (Å²) in [4.78, 5) is 13.3. The molecule has 0 aromatic heterocycles. The first-order valence-electron chi connectivity index (χ1n) is 19.2. The van der Waals surface area contributed by atoms with E-state index >= 15 is 35.1 Å². The van der Waals surface area contributed by atoms with Gasteiger partial charge in [0, 0.05) is 11.1 Å². The summed E-state index contributed by atoms with van der Waals surface area (Å²) in [6.07, 6.45) is -7.22. The second-order valence-electron chi connectivity index (χ2n) is 14.8. The molecule has 1 atom stereocenters. The zero-order valence-electron chi connectivity index (χ0n) is 34.7. The van der Waals surface area contributed by atoms with Gasteiger partial charge in [-0.1, -0.05) is 70.4 Å². The van der Waals surface area contributed by atoms with Crippen molar-refractivity contribution in [1.82, 2.24) is 0 Å². The van der Waals surface area contributed by atoms with Crippen LogP contribution in [-0.2, 0) is 14.1 Å². The fourth-order valence-electron chi connectivity index (χ4n) is 7.36. The minimum absolute atomic E-state index is 0.125. The highest BCUT2D eigenvalue weighted by Gasteiger charge is 2.52. The third kappa shape index (κ3) is 9.02. The Morgan fingerprint density at radius 2 is 0.662 bits per heavy atom. The predicted octanol–water partition coefficient (Wildman–Crippen LogP) is 10.6. The Bertz CT molecular complexity index is 3020. The number of rotatable bonds is 8. The summed E-state index contributed by atoms with van der Waals surface area (Å²) >= 11 is 0. The average Bonchev–Trinajstić information content (AvgIpc) is 3.36. The number of carbonyl (C=O) groups excluding carboxylic acids is 1. The molecular formula is C47H19BF20O2S. The predicted molar refractivity (Wildman–Crippen MR) is 216 cm³/mol. The van der Waals surface area contributed by atoms with Crippen LogP contribution < -0.4 is 21.9 Å². The van der Waals surface area contributed by atoms with E-state index in [1.807, 2.05) is 67.6 Å². The van der Waals surface area contributed by atoms with Crippen LogP contribution in [0.4, 0.5) is 87.8 Å². The number of benzene rings is 7. The molecule has 2 nitrogen and oxygen atoms in total. The Morgan fingerprint density at radius 1 is 0.394 bits per heavy atom. The highest BCUT2D eigenvalue weighted by atomic mass is 32.2. The topological polar surface area (TPSA) is 34.1 Å². The van der Waals surface area contributed by atoms with Gasteiger partial charge < -0.3 is 0 Å². The van der Waals surface area contributed by atoms with Crippen molar-refractivity contribution < 1.29 is 96.8 Å². The van der Waals surface area contributed by atoms with Crippen molar-refractivity contribution in [3.05, 3.63) is 218 Å². The first kappa shape index (κ1) is 52.9. The summed E-state index contributed by atoms with van der Waals surface area (Å²) in [6, 6.07) is 25.7. The SMILES string of the molecule is Cc1ccc(C(=O)C[S+](=O)(C#Cc2ccccc2)c2ccccc2)cc1.Fc1c(F)c(F)c([B-](c2c(F)c(F)c(F)c(F)c2F)(c2c(F)c(F)c(F)c(F)c2F)c2c(F)c(F)c(F)c(F)c2F)c(F)c1F. The molecule has 7 rings (SSSR count). The normalized spacial score (nSPS) is 12.2. The van der Waals surface area contributed by atoms with Crippen molar-refractivity contribution in [3.8, 4) is 11.2 Å². The lowest BCUT2D eigenvalue weighted by atomic mass is 9.12. The minimum atomic E-state index is -7.22. The van der Waals surface area contributed by atoms with Crippen molar-refractivity contribution in [2.75, 3.05) is 5.75 Å². The number of hydrogen-bond acceptors (Lipinski definition) is 2. The van der Waals surface area contributed by atoms with E-state index in [9.17, 15) is 61.7 Å². The van der Waals surface area contributed by atoms with Crippen molar-refractivity contribution in [3.63, 3.8) is 0 Å². The van der Waals surface area contributed by atoms with Crippen LogP contribution in [0.25, 0.3) is 0 Å². The maximum Gasteiger partial charge on any atom is 0.213 e. The third-order valence-corrected chi connectivity index (χ3v) is 12.8. The second kappa shape index (κ2) is 20.1. The van der Waals surface area contributed by atoms with Gasteiger partial charge in [0.15, 0.2) is 85.7 Å². The first-order valence-corrected chi connectivity index (χ1v) is 21.0. The minimum Gasteiger partial charge on any atom is -0.289 e. The molecule has 7 aromatic carbocycles. The van der Waals surface area contributed by atoms with Gasteiger partial charge in [0.2, 0.25) is 15.7 Å². The number of aryl methyl sites for hydroxylation is 1. The number of carbonyl (C=O) groups is 1. The van der Waals surface area contributed by atoms with Crippen LogP contribution in [0.1, 0.15) is 21.5 Å². The zero-order valence-corrected chi connectivity index (χ0v) is 35.5. The van der Waals surface area contributed by atoms with Gasteiger partial charge in [-0.2, -0.15) is 0 Å². The van der Waals surface area contributed by atoms with E-state index in [0.29, 0.717) is 10.5 Å². The Balaban J connectivity index is 0.000000268. The highest BCUT2D eigenvalue weighted by Crippen LogP contribution is 2.31. The molecule has 1 unspecified atom stereocenters. The maximum atomic E-state index is 15.4. The molecule has 0 fully saturated rings. The molecule has 0 aliphatic rings. The van der Waals surface area contributed by atoms with E-state index in [-0.39, 0.29) is 11.5 Å². The number of ketones is 1. The fraction of sp³-hybridized carbons (Fsp3) is 0.0426. The van der Waals surface area contributed by atoms with Gasteiger partial charge in [0.25, 0.3) is 0 Å². The molecule has 0 radical (unpaired) electrons. The van der Waals surface area contributed by atoms with E-state index in [1.165, 1.54) is 0 Å². The Kier molecular flexibility index (Phi) is 15.0. The number of Topliss-reactive ketones (excluding diaryl/α,β-unsaturated/α-hetero) is 1. The summed E-state index contributed by atoms with van der Waals surface area (Å²) in [5.74, 6) is -68.7. The summed E-state index contributed by atoms with van der Waals surface area (Å²) < 4.78 is 308. The van der Waals surface area contributed by atoms with Gasteiger partial charge in [-0.05, 0) is 37.1 Å². The van der Waals surface area contributed by atoms with Crippen LogP contribution in [-0.4, -0.2) is 17.7 Å². The van der Waals surface area contributed by atoms with Gasteiger partial charge in [0.1, 0.15) is 52.7 Å². The van der Waals surface area contributed by atoms with Crippen molar-refractivity contribution in [2.24, 2.45) is 0 Å². The molecule has 0 N–H and O–H groups in total. The van der Waals surface area contributed by atoms with Crippen molar-refractivity contribution in [1.29, 1.82) is 0 Å². The van der Waals surface area contributed by atoms with Gasteiger partial charge in [0.05, 0.1) is 0 Å². The van der Waals surface area contributed by atoms with E-state index in [1.54, 1.807) is 24.3 Å². The highest BCUT2D eigenvalue weighted by molar-refractivity contribution is 8.07. The lowest BCUT2D eigenvalue weighted by Crippen LogP contribution is -2.81. The van der Waals surface area contributed by atoms with Crippen LogP contribution in [0.5, 0.6) is 0 Å². The number of halogens is 20. The molecule has 0 bridgehead atoms. The molecule has 0 amide bonds. The lowest BCUT2D eigenvalue weighted by Gasteiger charge is -2.44. The summed E-state index contributed by atoms with van der Waals surface area (Å²) in [5.41, 5.74) is -11.9. The average molecular weight is 1040 g/mol. The molecular weight excluding hydrogens is 1020 g/mol. The fourth-order valence-corrected chi connectivity index (χ4v) is 9.14. The summed E-state index contributed by atoms with van der Waals surface area (Å²) in [7, 11) is -2.83. The second-order valence-corrected chi connectivity index (χ2v) is 17.1. The lowest BCUT2D eigenvalue weighted by molar-refractivity contribution is 0.102. The molecule has 368 valence electrons. The van der Waals surface area contributed by atoms with Crippen molar-refractivity contribution >= 4 is 43.7 Å². The monoisotopic (exact) mass is 1040 g/mol. The van der Waals surface area contributed by atoms with Gasteiger partial charge in [-0.15, -0.1) is 21.9 Å². The molecule has 0 spiro atoms. The molecule has 24 heteroatoms. The Hall–Kier alpha value is -7.42. The quantitative estimate of drug-likeness (QED) is 0.0289. The van der Waals surface area contributed by atoms with Crippen LogP contribution in [0.2, 0.25) is 0 Å². The Morgan fingerprint density at radius 3 is 0.958 bits per heavy atom. The molecule has 0 heterocycles. The van der Waals surface area contributed by atoms with Gasteiger partial charge >= 0.3 is 0 Å². The maximum absolute atomic E-state index is 15.4. The van der Waals surface area contributed by atoms with Crippen LogP contribution >= 0.6 is 0 Å². The molecule has 0 saturated carbocycles. The van der Waals surface area contributed by atoms with E-state index < -0.39 is 154 Å². The van der Waals surface area contributed by atoms with E-state index in [0.717, 1.165) is 11.1 Å². The summed E-state index contributed by atoms with van der Waals surface area (Å²) in [5, 5.41) is 2.90. The van der Waals surface area contributed by atoms with Gasteiger partial charge in [-0.25, -0.2) is 87.8 Å². The van der Waals surface area contributed by atoms with Gasteiger partial charge in [-0.3, -0.25) is 4.79 Å².